The molecule has 1 aliphatic rings. The smallest absolute Gasteiger partial charge is 0.239 e. The van der Waals surface area contributed by atoms with Gasteiger partial charge in [-0.2, -0.15) is 0 Å². The standard InChI is InChI=1S/C23H27FN2O4/c1-2-26(16-22(27)25-15-18-4-8-19(24)9-5-18)23(28)11-7-17-6-10-20-21(14-17)30-13-3-12-29-20/h4-6,8-10,14H,2-3,7,11-13,15-16H2,1H3,(H,25,27). The van der Waals surface area contributed by atoms with Crippen molar-refractivity contribution in [3.8, 4) is 11.5 Å². The van der Waals surface area contributed by atoms with Crippen LogP contribution in [0.3, 0.4) is 0 Å². The second-order valence-electron chi connectivity index (χ2n) is 7.14. The molecule has 0 bridgehead atoms. The fourth-order valence-electron chi connectivity index (χ4n) is 3.18. The Morgan fingerprint density at radius 3 is 2.47 bits per heavy atom. The van der Waals surface area contributed by atoms with Crippen molar-refractivity contribution in [1.29, 1.82) is 0 Å². The van der Waals surface area contributed by atoms with Crippen molar-refractivity contribution in [2.75, 3.05) is 26.3 Å². The normalized spacial score (nSPS) is 12.7. The molecular weight excluding hydrogens is 387 g/mol. The van der Waals surface area contributed by atoms with Crippen molar-refractivity contribution in [2.45, 2.75) is 32.7 Å². The largest absolute Gasteiger partial charge is 0.490 e. The summed E-state index contributed by atoms with van der Waals surface area (Å²) in [6, 6.07) is 11.7. The van der Waals surface area contributed by atoms with Gasteiger partial charge in [0.1, 0.15) is 5.82 Å². The second-order valence-corrected chi connectivity index (χ2v) is 7.14. The van der Waals surface area contributed by atoms with Gasteiger partial charge in [0.2, 0.25) is 11.8 Å². The first-order valence-corrected chi connectivity index (χ1v) is 10.2. The first kappa shape index (κ1) is 21.6. The highest BCUT2D eigenvalue weighted by atomic mass is 19.1. The van der Waals surface area contributed by atoms with E-state index in [1.807, 2.05) is 25.1 Å². The van der Waals surface area contributed by atoms with Crippen LogP contribution in [0.25, 0.3) is 0 Å². The van der Waals surface area contributed by atoms with Gasteiger partial charge in [-0.3, -0.25) is 9.59 Å². The quantitative estimate of drug-likeness (QED) is 0.721. The minimum atomic E-state index is -0.318. The van der Waals surface area contributed by atoms with Crippen molar-refractivity contribution in [3.63, 3.8) is 0 Å². The maximum absolute atomic E-state index is 12.9. The van der Waals surface area contributed by atoms with Gasteiger partial charge in [0, 0.05) is 25.9 Å². The molecule has 3 rings (SSSR count). The number of aryl methyl sites for hydroxylation is 1. The van der Waals surface area contributed by atoms with E-state index < -0.39 is 0 Å². The summed E-state index contributed by atoms with van der Waals surface area (Å²) >= 11 is 0. The first-order valence-electron chi connectivity index (χ1n) is 10.2. The molecule has 0 spiro atoms. The van der Waals surface area contributed by atoms with Crippen molar-refractivity contribution in [2.24, 2.45) is 0 Å². The molecular formula is C23H27FN2O4. The van der Waals surface area contributed by atoms with E-state index >= 15 is 0 Å². The van der Waals surface area contributed by atoms with Crippen LogP contribution in [0.4, 0.5) is 4.39 Å². The molecule has 0 aromatic heterocycles. The Kier molecular flexibility index (Phi) is 7.65. The summed E-state index contributed by atoms with van der Waals surface area (Å²) in [5.74, 6) is 0.800. The molecule has 7 heteroatoms. The summed E-state index contributed by atoms with van der Waals surface area (Å²) in [6.45, 7) is 3.84. The summed E-state index contributed by atoms with van der Waals surface area (Å²) in [5, 5.41) is 2.77. The van der Waals surface area contributed by atoms with Crippen LogP contribution in [0.2, 0.25) is 0 Å². The molecule has 0 saturated carbocycles. The Balaban J connectivity index is 1.47. The van der Waals surface area contributed by atoms with Crippen LogP contribution in [-0.2, 0) is 22.6 Å². The summed E-state index contributed by atoms with van der Waals surface area (Å²) in [6.07, 6.45) is 1.71. The lowest BCUT2D eigenvalue weighted by Gasteiger charge is -2.20. The van der Waals surface area contributed by atoms with Crippen LogP contribution in [0.1, 0.15) is 30.9 Å². The zero-order valence-electron chi connectivity index (χ0n) is 17.2. The Labute approximate surface area is 176 Å². The minimum Gasteiger partial charge on any atom is -0.490 e. The van der Waals surface area contributed by atoms with E-state index in [9.17, 15) is 14.0 Å². The Morgan fingerprint density at radius 1 is 1.03 bits per heavy atom. The van der Waals surface area contributed by atoms with Crippen LogP contribution >= 0.6 is 0 Å². The Bertz CT molecular complexity index is 870. The zero-order chi connectivity index (χ0) is 21.3. The molecule has 1 aliphatic heterocycles. The molecule has 0 radical (unpaired) electrons. The SMILES string of the molecule is CCN(CC(=O)NCc1ccc(F)cc1)C(=O)CCc1ccc2c(c1)OCCCO2. The first-order chi connectivity index (χ1) is 14.5. The topological polar surface area (TPSA) is 67.9 Å². The number of amides is 2. The molecule has 2 aromatic rings. The maximum atomic E-state index is 12.9. The Hall–Kier alpha value is -3.09. The van der Waals surface area contributed by atoms with Crippen molar-refractivity contribution < 1.29 is 23.5 Å². The van der Waals surface area contributed by atoms with Crippen molar-refractivity contribution in [3.05, 3.63) is 59.4 Å². The molecule has 0 fully saturated rings. The monoisotopic (exact) mass is 414 g/mol. The third-order valence-electron chi connectivity index (χ3n) is 4.91. The third-order valence-corrected chi connectivity index (χ3v) is 4.91. The fraction of sp³-hybridized carbons (Fsp3) is 0.391. The number of rotatable bonds is 8. The number of benzene rings is 2. The molecule has 1 N–H and O–H groups in total. The zero-order valence-corrected chi connectivity index (χ0v) is 17.2. The van der Waals surface area contributed by atoms with Gasteiger partial charge < -0.3 is 19.7 Å². The number of carbonyl (C=O) groups excluding carboxylic acids is 2. The predicted octanol–water partition coefficient (Wildman–Crippen LogP) is 3.08. The molecule has 2 aromatic carbocycles. The van der Waals surface area contributed by atoms with Crippen LogP contribution in [0.15, 0.2) is 42.5 Å². The van der Waals surface area contributed by atoms with Crippen LogP contribution in [0, 0.1) is 5.82 Å². The highest BCUT2D eigenvalue weighted by Gasteiger charge is 2.16. The highest BCUT2D eigenvalue weighted by molar-refractivity contribution is 5.84. The van der Waals surface area contributed by atoms with Gasteiger partial charge in [0.15, 0.2) is 11.5 Å². The molecule has 160 valence electrons. The van der Waals surface area contributed by atoms with E-state index in [0.717, 1.165) is 23.3 Å². The van der Waals surface area contributed by atoms with Crippen molar-refractivity contribution >= 4 is 11.8 Å². The average molecular weight is 414 g/mol. The number of fused-ring (bicyclic) bond motifs is 1. The fourth-order valence-corrected chi connectivity index (χ4v) is 3.18. The van der Waals surface area contributed by atoms with Gasteiger partial charge in [-0.1, -0.05) is 18.2 Å². The summed E-state index contributed by atoms with van der Waals surface area (Å²) in [4.78, 5) is 26.3. The molecule has 6 nitrogen and oxygen atoms in total. The lowest BCUT2D eigenvalue weighted by molar-refractivity contribution is -0.135. The molecule has 0 aliphatic carbocycles. The summed E-state index contributed by atoms with van der Waals surface area (Å²) in [7, 11) is 0. The molecule has 30 heavy (non-hydrogen) atoms. The van der Waals surface area contributed by atoms with E-state index in [1.54, 1.807) is 12.1 Å². The summed E-state index contributed by atoms with van der Waals surface area (Å²) < 4.78 is 24.3. The number of carbonyl (C=O) groups is 2. The molecule has 0 atom stereocenters. The number of nitrogens with one attached hydrogen (secondary N) is 1. The van der Waals surface area contributed by atoms with E-state index in [4.69, 9.17) is 9.47 Å². The van der Waals surface area contributed by atoms with Gasteiger partial charge >= 0.3 is 0 Å². The van der Waals surface area contributed by atoms with Gasteiger partial charge in [0.25, 0.3) is 0 Å². The van der Waals surface area contributed by atoms with Gasteiger partial charge in [-0.05, 0) is 48.7 Å². The molecule has 2 amide bonds. The number of ether oxygens (including phenoxy) is 2. The lowest BCUT2D eigenvalue weighted by Crippen LogP contribution is -2.40. The number of likely N-dealkylation sites (N-methyl/N-ethyl adjacent to an activating group) is 1. The number of halogens is 1. The van der Waals surface area contributed by atoms with Crippen molar-refractivity contribution in [1.82, 2.24) is 10.2 Å². The van der Waals surface area contributed by atoms with E-state index in [1.165, 1.54) is 17.0 Å². The van der Waals surface area contributed by atoms with Gasteiger partial charge in [-0.15, -0.1) is 0 Å². The van der Waals surface area contributed by atoms with Gasteiger partial charge in [0.05, 0.1) is 19.8 Å². The van der Waals surface area contributed by atoms with Crippen LogP contribution in [0.5, 0.6) is 11.5 Å². The van der Waals surface area contributed by atoms with Gasteiger partial charge in [-0.25, -0.2) is 4.39 Å². The maximum Gasteiger partial charge on any atom is 0.239 e. The Morgan fingerprint density at radius 2 is 1.73 bits per heavy atom. The van der Waals surface area contributed by atoms with E-state index in [2.05, 4.69) is 5.32 Å². The highest BCUT2D eigenvalue weighted by Crippen LogP contribution is 2.30. The van der Waals surface area contributed by atoms with E-state index in [0.29, 0.717) is 44.9 Å². The van der Waals surface area contributed by atoms with Crippen LogP contribution in [-0.4, -0.2) is 43.0 Å². The van der Waals surface area contributed by atoms with E-state index in [-0.39, 0.29) is 24.2 Å². The number of hydrogen-bond acceptors (Lipinski definition) is 4. The van der Waals surface area contributed by atoms with Crippen LogP contribution < -0.4 is 14.8 Å². The molecule has 1 heterocycles. The summed E-state index contributed by atoms with van der Waals surface area (Å²) in [5.41, 5.74) is 1.79. The number of nitrogens with zero attached hydrogens (tertiary/aromatic N) is 1. The molecule has 0 saturated heterocycles. The minimum absolute atomic E-state index is 0.00231. The lowest BCUT2D eigenvalue weighted by atomic mass is 10.1. The average Bonchev–Trinajstić information content (AvgIpc) is 3.00. The molecule has 0 unspecified atom stereocenters. The predicted molar refractivity (Wildman–Crippen MR) is 111 cm³/mol. The number of hydrogen-bond donors (Lipinski definition) is 1. The second kappa shape index (κ2) is 10.6. The third kappa shape index (κ3) is 6.20.